The molecule has 1 saturated heterocycles. The van der Waals surface area contributed by atoms with Crippen molar-refractivity contribution in [2.45, 2.75) is 12.5 Å². The molecule has 1 aliphatic rings. The molecule has 1 atom stereocenters. The maximum Gasteiger partial charge on any atom is 0.305 e. The molecule has 20 heavy (non-hydrogen) atoms. The molecule has 0 bridgehead atoms. The first kappa shape index (κ1) is 14.9. The summed E-state index contributed by atoms with van der Waals surface area (Å²) in [5.41, 5.74) is 0.746. The van der Waals surface area contributed by atoms with Crippen LogP contribution in [0, 0.1) is 0 Å². The summed E-state index contributed by atoms with van der Waals surface area (Å²) in [6, 6.07) is 8.99. The molecule has 2 N–H and O–H groups in total. The van der Waals surface area contributed by atoms with Crippen molar-refractivity contribution < 1.29 is 14.7 Å². The van der Waals surface area contributed by atoms with Gasteiger partial charge in [0.1, 0.15) is 0 Å². The summed E-state index contributed by atoms with van der Waals surface area (Å²) in [7, 11) is 0. The third kappa shape index (κ3) is 3.98. The van der Waals surface area contributed by atoms with E-state index in [2.05, 4.69) is 5.32 Å². The molecular weight excluding hydrogens is 276 g/mol. The monoisotopic (exact) mass is 294 g/mol. The molecule has 0 radical (unpaired) electrons. The molecule has 1 aliphatic heterocycles. The Labute approximate surface area is 122 Å². The first-order chi connectivity index (χ1) is 9.68. The van der Waals surface area contributed by atoms with Crippen LogP contribution in [-0.2, 0) is 9.59 Å². The van der Waals surface area contributed by atoms with Crippen LogP contribution in [0.15, 0.2) is 30.3 Å². The number of hydrogen-bond acceptors (Lipinski definition) is 4. The summed E-state index contributed by atoms with van der Waals surface area (Å²) in [5, 5.41) is 12.0. The molecule has 0 saturated carbocycles. The van der Waals surface area contributed by atoms with Crippen LogP contribution in [0.4, 0.5) is 5.69 Å². The van der Waals surface area contributed by atoms with Crippen molar-refractivity contribution >= 4 is 29.3 Å². The lowest BCUT2D eigenvalue weighted by atomic mass is 10.2. The largest absolute Gasteiger partial charge is 0.481 e. The van der Waals surface area contributed by atoms with E-state index in [4.69, 9.17) is 5.11 Å². The zero-order valence-corrected chi connectivity index (χ0v) is 11.9. The van der Waals surface area contributed by atoms with Gasteiger partial charge in [-0.05, 0) is 12.1 Å². The summed E-state index contributed by atoms with van der Waals surface area (Å²) in [6.45, 7) is 1.00. The molecule has 1 aromatic rings. The number of benzene rings is 1. The first-order valence-corrected chi connectivity index (χ1v) is 7.73. The van der Waals surface area contributed by atoms with Gasteiger partial charge in [0.2, 0.25) is 5.91 Å². The van der Waals surface area contributed by atoms with Crippen molar-refractivity contribution in [2.24, 2.45) is 0 Å². The van der Waals surface area contributed by atoms with Gasteiger partial charge in [-0.25, -0.2) is 0 Å². The van der Waals surface area contributed by atoms with E-state index in [1.54, 1.807) is 16.7 Å². The Balaban J connectivity index is 2.12. The summed E-state index contributed by atoms with van der Waals surface area (Å²) >= 11 is 1.74. The summed E-state index contributed by atoms with van der Waals surface area (Å²) in [4.78, 5) is 24.9. The maximum absolute atomic E-state index is 12.6. The van der Waals surface area contributed by atoms with Gasteiger partial charge in [-0.2, -0.15) is 11.8 Å². The predicted octanol–water partition coefficient (Wildman–Crippen LogP) is 1.20. The number of carboxylic acids is 1. The number of anilines is 1. The quantitative estimate of drug-likeness (QED) is 0.854. The Bertz CT molecular complexity index is 461. The molecule has 5 nitrogen and oxygen atoms in total. The molecule has 6 heteroatoms. The van der Waals surface area contributed by atoms with Crippen molar-refractivity contribution in [1.29, 1.82) is 0 Å². The lowest BCUT2D eigenvalue weighted by Gasteiger charge is -2.29. The van der Waals surface area contributed by atoms with Crippen molar-refractivity contribution in [3.63, 3.8) is 0 Å². The zero-order valence-electron chi connectivity index (χ0n) is 11.1. The molecule has 0 aromatic heterocycles. The molecule has 0 spiro atoms. The van der Waals surface area contributed by atoms with Gasteiger partial charge < -0.3 is 15.3 Å². The Kier molecular flexibility index (Phi) is 5.43. The van der Waals surface area contributed by atoms with E-state index in [1.165, 1.54) is 0 Å². The second-order valence-electron chi connectivity index (χ2n) is 4.55. The number of amides is 1. The van der Waals surface area contributed by atoms with E-state index in [-0.39, 0.29) is 24.9 Å². The number of rotatable bonds is 5. The number of nitrogens with one attached hydrogen (secondary N) is 1. The van der Waals surface area contributed by atoms with Gasteiger partial charge in [-0.1, -0.05) is 18.2 Å². The molecule has 0 aliphatic carbocycles. The highest BCUT2D eigenvalue weighted by Gasteiger charge is 2.27. The number of carboxylic acid groups (broad SMARTS) is 1. The van der Waals surface area contributed by atoms with Crippen molar-refractivity contribution in [3.8, 4) is 0 Å². The average molecular weight is 294 g/mol. The third-order valence-corrected chi connectivity index (χ3v) is 4.16. The van der Waals surface area contributed by atoms with Crippen molar-refractivity contribution in [2.75, 3.05) is 29.5 Å². The van der Waals surface area contributed by atoms with Gasteiger partial charge in [-0.3, -0.25) is 9.59 Å². The van der Waals surface area contributed by atoms with Gasteiger partial charge in [-0.15, -0.1) is 0 Å². The topological polar surface area (TPSA) is 69.6 Å². The SMILES string of the molecule is O=C(O)CCN(C(=O)C1CSCCN1)c1ccccc1. The third-order valence-electron chi connectivity index (χ3n) is 3.10. The second kappa shape index (κ2) is 7.31. The minimum atomic E-state index is -0.898. The summed E-state index contributed by atoms with van der Waals surface area (Å²) < 4.78 is 0. The molecule has 1 aromatic carbocycles. The van der Waals surface area contributed by atoms with Gasteiger partial charge in [0.15, 0.2) is 0 Å². The minimum Gasteiger partial charge on any atom is -0.481 e. The fourth-order valence-corrected chi connectivity index (χ4v) is 3.02. The van der Waals surface area contributed by atoms with E-state index in [1.807, 2.05) is 30.3 Å². The van der Waals surface area contributed by atoms with Crippen LogP contribution in [0.1, 0.15) is 6.42 Å². The van der Waals surface area contributed by atoms with Gasteiger partial charge in [0, 0.05) is 30.3 Å². The molecule has 1 heterocycles. The molecule has 1 amide bonds. The Hall–Kier alpha value is -1.53. The van der Waals surface area contributed by atoms with Crippen LogP contribution < -0.4 is 10.2 Å². The first-order valence-electron chi connectivity index (χ1n) is 6.58. The molecule has 108 valence electrons. The second-order valence-corrected chi connectivity index (χ2v) is 5.70. The Morgan fingerprint density at radius 1 is 1.35 bits per heavy atom. The van der Waals surface area contributed by atoms with Crippen LogP contribution in [0.5, 0.6) is 0 Å². The Morgan fingerprint density at radius 2 is 2.10 bits per heavy atom. The number of para-hydroxylation sites is 1. The summed E-state index contributed by atoms with van der Waals surface area (Å²) in [6.07, 6.45) is -0.0551. The van der Waals surface area contributed by atoms with Gasteiger partial charge in [0.25, 0.3) is 0 Å². The van der Waals surface area contributed by atoms with Gasteiger partial charge in [0.05, 0.1) is 12.5 Å². The van der Waals surface area contributed by atoms with Crippen LogP contribution in [0.3, 0.4) is 0 Å². The van der Waals surface area contributed by atoms with E-state index in [0.29, 0.717) is 0 Å². The number of thioether (sulfide) groups is 1. The number of carbonyl (C=O) groups excluding carboxylic acids is 1. The highest BCUT2D eigenvalue weighted by molar-refractivity contribution is 7.99. The van der Waals surface area contributed by atoms with Crippen LogP contribution in [-0.4, -0.2) is 47.6 Å². The van der Waals surface area contributed by atoms with Crippen LogP contribution in [0.25, 0.3) is 0 Å². The number of hydrogen-bond donors (Lipinski definition) is 2. The molecule has 1 fully saturated rings. The number of nitrogens with zero attached hydrogens (tertiary/aromatic N) is 1. The van der Waals surface area contributed by atoms with Crippen molar-refractivity contribution in [3.05, 3.63) is 30.3 Å². The summed E-state index contributed by atoms with van der Waals surface area (Å²) in [5.74, 6) is 0.786. The normalized spacial score (nSPS) is 18.5. The van der Waals surface area contributed by atoms with E-state index >= 15 is 0 Å². The standard InChI is InChI=1S/C14H18N2O3S/c17-13(18)6-8-16(11-4-2-1-3-5-11)14(19)12-10-20-9-7-15-12/h1-5,12,15H,6-10H2,(H,17,18). The molecule has 2 rings (SSSR count). The number of aliphatic carboxylic acids is 1. The van der Waals surface area contributed by atoms with E-state index in [0.717, 1.165) is 23.7 Å². The van der Waals surface area contributed by atoms with Gasteiger partial charge >= 0.3 is 5.97 Å². The fourth-order valence-electron chi connectivity index (χ4n) is 2.09. The Morgan fingerprint density at radius 3 is 2.70 bits per heavy atom. The fraction of sp³-hybridized carbons (Fsp3) is 0.429. The lowest BCUT2D eigenvalue weighted by molar-refractivity contribution is -0.136. The average Bonchev–Trinajstić information content (AvgIpc) is 2.49. The molecule has 1 unspecified atom stereocenters. The highest BCUT2D eigenvalue weighted by atomic mass is 32.2. The highest BCUT2D eigenvalue weighted by Crippen LogP contribution is 2.17. The van der Waals surface area contributed by atoms with E-state index in [9.17, 15) is 9.59 Å². The van der Waals surface area contributed by atoms with Crippen LogP contribution >= 0.6 is 11.8 Å². The molecular formula is C14H18N2O3S. The van der Waals surface area contributed by atoms with E-state index < -0.39 is 5.97 Å². The number of carbonyl (C=O) groups is 2. The zero-order chi connectivity index (χ0) is 14.4. The maximum atomic E-state index is 12.6. The lowest BCUT2D eigenvalue weighted by Crippen LogP contribution is -2.51. The smallest absolute Gasteiger partial charge is 0.305 e. The predicted molar refractivity (Wildman–Crippen MR) is 80.2 cm³/mol. The minimum absolute atomic E-state index is 0.0512. The van der Waals surface area contributed by atoms with Crippen LogP contribution in [0.2, 0.25) is 0 Å². The van der Waals surface area contributed by atoms with Crippen molar-refractivity contribution in [1.82, 2.24) is 5.32 Å².